The number of hydrogen-bond donors (Lipinski definition) is 1. The van der Waals surface area contributed by atoms with Gasteiger partial charge in [-0.25, -0.2) is 4.79 Å². The van der Waals surface area contributed by atoms with Crippen LogP contribution in [0.25, 0.3) is 0 Å². The summed E-state index contributed by atoms with van der Waals surface area (Å²) in [7, 11) is 0. The molecule has 1 aromatic carbocycles. The molecule has 25 heavy (non-hydrogen) atoms. The van der Waals surface area contributed by atoms with E-state index in [9.17, 15) is 10.1 Å². The molecule has 1 unspecified atom stereocenters. The van der Waals surface area contributed by atoms with Crippen molar-refractivity contribution in [3.05, 3.63) is 81.1 Å². The third kappa shape index (κ3) is 3.42. The molecule has 0 aliphatic carbocycles. The summed E-state index contributed by atoms with van der Waals surface area (Å²) < 4.78 is 10.9. The van der Waals surface area contributed by atoms with Gasteiger partial charge in [0.05, 0.1) is 11.5 Å². The zero-order valence-electron chi connectivity index (χ0n) is 13.6. The molecule has 6 heteroatoms. The fraction of sp³-hybridized carbons (Fsp3) is 0.158. The molecule has 0 spiro atoms. The van der Waals surface area contributed by atoms with Crippen LogP contribution in [0.4, 0.5) is 0 Å². The molecule has 1 atom stereocenters. The van der Waals surface area contributed by atoms with Gasteiger partial charge in [-0.1, -0.05) is 30.3 Å². The van der Waals surface area contributed by atoms with Gasteiger partial charge in [0.2, 0.25) is 5.88 Å². The SMILES string of the molecule is CC1=C(C(=O)OCc2ccsc2)C(c2ccccc2)C(C#N)=C(N)O1. The minimum Gasteiger partial charge on any atom is -0.457 e. The molecule has 5 nitrogen and oxygen atoms in total. The van der Waals surface area contributed by atoms with Crippen LogP contribution in [0, 0.1) is 11.3 Å². The van der Waals surface area contributed by atoms with E-state index in [2.05, 4.69) is 6.07 Å². The minimum atomic E-state index is -0.602. The maximum atomic E-state index is 12.7. The third-order valence-electron chi connectivity index (χ3n) is 3.91. The Bertz CT molecular complexity index is 877. The van der Waals surface area contributed by atoms with Crippen molar-refractivity contribution >= 4 is 17.3 Å². The standard InChI is InChI=1S/C19H16N2O3S/c1-12-16(19(22)23-10-13-7-8-25-11-13)17(14-5-3-2-4-6-14)15(9-20)18(21)24-12/h2-8,11,17H,10,21H2,1H3. The normalized spacial score (nSPS) is 17.0. The van der Waals surface area contributed by atoms with Crippen molar-refractivity contribution in [3.63, 3.8) is 0 Å². The summed E-state index contributed by atoms with van der Waals surface area (Å²) in [5.74, 6) is -0.753. The summed E-state index contributed by atoms with van der Waals surface area (Å²) >= 11 is 1.53. The Morgan fingerprint density at radius 2 is 2.12 bits per heavy atom. The van der Waals surface area contributed by atoms with Crippen LogP contribution in [0.5, 0.6) is 0 Å². The summed E-state index contributed by atoms with van der Waals surface area (Å²) in [4.78, 5) is 12.7. The van der Waals surface area contributed by atoms with Crippen LogP contribution in [0.1, 0.15) is 24.0 Å². The van der Waals surface area contributed by atoms with Crippen molar-refractivity contribution < 1.29 is 14.3 Å². The lowest BCUT2D eigenvalue weighted by Crippen LogP contribution is -2.25. The van der Waals surface area contributed by atoms with E-state index in [0.717, 1.165) is 11.1 Å². The van der Waals surface area contributed by atoms with E-state index in [0.29, 0.717) is 11.3 Å². The predicted molar refractivity (Wildman–Crippen MR) is 93.9 cm³/mol. The van der Waals surface area contributed by atoms with E-state index >= 15 is 0 Å². The highest BCUT2D eigenvalue weighted by atomic mass is 32.1. The van der Waals surface area contributed by atoms with Crippen LogP contribution < -0.4 is 5.73 Å². The fourth-order valence-electron chi connectivity index (χ4n) is 2.73. The maximum Gasteiger partial charge on any atom is 0.338 e. The number of ether oxygens (including phenoxy) is 2. The van der Waals surface area contributed by atoms with E-state index in [1.54, 1.807) is 6.92 Å². The molecule has 3 rings (SSSR count). The van der Waals surface area contributed by atoms with Crippen LogP contribution in [0.3, 0.4) is 0 Å². The van der Waals surface area contributed by atoms with Crippen molar-refractivity contribution in [2.24, 2.45) is 5.73 Å². The first-order valence-corrected chi connectivity index (χ1v) is 8.57. The molecule has 1 aliphatic heterocycles. The van der Waals surface area contributed by atoms with E-state index in [-0.39, 0.29) is 18.1 Å². The first-order valence-electron chi connectivity index (χ1n) is 7.63. The number of esters is 1. The topological polar surface area (TPSA) is 85.3 Å². The maximum absolute atomic E-state index is 12.7. The number of carbonyl (C=O) groups is 1. The smallest absolute Gasteiger partial charge is 0.338 e. The predicted octanol–water partition coefficient (Wildman–Crippen LogP) is 3.57. The fourth-order valence-corrected chi connectivity index (χ4v) is 3.38. The second-order valence-corrected chi connectivity index (χ2v) is 6.29. The van der Waals surface area contributed by atoms with Gasteiger partial charge in [0.25, 0.3) is 0 Å². The van der Waals surface area contributed by atoms with Gasteiger partial charge in [-0.2, -0.15) is 16.6 Å². The van der Waals surface area contributed by atoms with Gasteiger partial charge in [0.1, 0.15) is 24.0 Å². The number of hydrogen-bond acceptors (Lipinski definition) is 6. The zero-order valence-corrected chi connectivity index (χ0v) is 14.4. The molecule has 126 valence electrons. The lowest BCUT2D eigenvalue weighted by molar-refractivity contribution is -0.140. The van der Waals surface area contributed by atoms with E-state index in [4.69, 9.17) is 15.2 Å². The molecule has 0 saturated carbocycles. The van der Waals surface area contributed by atoms with Crippen molar-refractivity contribution in [1.82, 2.24) is 0 Å². The van der Waals surface area contributed by atoms with Crippen LogP contribution in [0.15, 0.2) is 69.9 Å². The van der Waals surface area contributed by atoms with Gasteiger partial charge in [0.15, 0.2) is 0 Å². The van der Waals surface area contributed by atoms with Crippen molar-refractivity contribution in [2.75, 3.05) is 0 Å². The molecule has 1 aromatic heterocycles. The summed E-state index contributed by atoms with van der Waals surface area (Å²) in [6.45, 7) is 1.82. The summed E-state index contributed by atoms with van der Waals surface area (Å²) in [5.41, 5.74) is 8.08. The van der Waals surface area contributed by atoms with Gasteiger partial charge in [0, 0.05) is 5.56 Å². The van der Waals surface area contributed by atoms with Gasteiger partial charge in [-0.05, 0) is 29.3 Å². The highest BCUT2D eigenvalue weighted by Crippen LogP contribution is 2.39. The third-order valence-corrected chi connectivity index (χ3v) is 4.64. The average Bonchev–Trinajstić information content (AvgIpc) is 3.13. The van der Waals surface area contributed by atoms with Crippen LogP contribution in [-0.2, 0) is 20.9 Å². The molecule has 2 heterocycles. The molecular formula is C19H16N2O3S. The Balaban J connectivity index is 1.95. The largest absolute Gasteiger partial charge is 0.457 e. The molecule has 0 bridgehead atoms. The summed E-state index contributed by atoms with van der Waals surface area (Å²) in [5, 5.41) is 13.4. The Kier molecular flexibility index (Phi) is 4.87. The molecule has 0 saturated heterocycles. The molecule has 1 aliphatic rings. The molecule has 0 radical (unpaired) electrons. The Hall–Kier alpha value is -3.04. The first kappa shape index (κ1) is 16.8. The number of nitriles is 1. The number of benzene rings is 1. The number of allylic oxidation sites excluding steroid dienone is 2. The van der Waals surface area contributed by atoms with Gasteiger partial charge >= 0.3 is 5.97 Å². The number of thiophene rings is 1. The van der Waals surface area contributed by atoms with Gasteiger partial charge in [-0.3, -0.25) is 0 Å². The van der Waals surface area contributed by atoms with Crippen molar-refractivity contribution in [1.29, 1.82) is 5.26 Å². The van der Waals surface area contributed by atoms with E-state index in [1.165, 1.54) is 11.3 Å². The molecule has 0 amide bonds. The highest BCUT2D eigenvalue weighted by molar-refractivity contribution is 7.07. The average molecular weight is 352 g/mol. The second kappa shape index (κ2) is 7.24. The lowest BCUT2D eigenvalue weighted by atomic mass is 9.83. The van der Waals surface area contributed by atoms with Gasteiger partial charge < -0.3 is 15.2 Å². The number of carbonyl (C=O) groups excluding carboxylic acids is 1. The van der Waals surface area contributed by atoms with Crippen LogP contribution in [0.2, 0.25) is 0 Å². The van der Waals surface area contributed by atoms with Crippen LogP contribution >= 0.6 is 11.3 Å². The number of nitrogens with two attached hydrogens (primary N) is 1. The van der Waals surface area contributed by atoms with E-state index in [1.807, 2.05) is 47.2 Å². The van der Waals surface area contributed by atoms with E-state index < -0.39 is 11.9 Å². The molecular weight excluding hydrogens is 336 g/mol. The second-order valence-electron chi connectivity index (χ2n) is 5.51. The Labute approximate surface area is 149 Å². The summed E-state index contributed by atoms with van der Waals surface area (Å²) in [6.07, 6.45) is 0. The number of rotatable bonds is 4. The van der Waals surface area contributed by atoms with Crippen LogP contribution in [-0.4, -0.2) is 5.97 Å². The van der Waals surface area contributed by atoms with Crippen molar-refractivity contribution in [2.45, 2.75) is 19.4 Å². The Morgan fingerprint density at radius 3 is 2.76 bits per heavy atom. The lowest BCUT2D eigenvalue weighted by Gasteiger charge is -2.26. The van der Waals surface area contributed by atoms with Gasteiger partial charge in [-0.15, -0.1) is 0 Å². The quantitative estimate of drug-likeness (QED) is 0.850. The molecule has 2 N–H and O–H groups in total. The number of nitrogens with zero attached hydrogens (tertiary/aromatic N) is 1. The highest BCUT2D eigenvalue weighted by Gasteiger charge is 2.36. The minimum absolute atomic E-state index is 0.0169. The molecule has 2 aromatic rings. The zero-order chi connectivity index (χ0) is 17.8. The Morgan fingerprint density at radius 1 is 1.36 bits per heavy atom. The first-order chi connectivity index (χ1) is 12.1. The molecule has 0 fully saturated rings. The van der Waals surface area contributed by atoms with Crippen molar-refractivity contribution in [3.8, 4) is 6.07 Å². The monoisotopic (exact) mass is 352 g/mol. The summed E-state index contributed by atoms with van der Waals surface area (Å²) in [6, 6.07) is 13.2.